The second kappa shape index (κ2) is 7.58. The smallest absolute Gasteiger partial charge is 0.324 e. The first-order chi connectivity index (χ1) is 10.0. The van der Waals surface area contributed by atoms with Gasteiger partial charge in [0.15, 0.2) is 0 Å². The summed E-state index contributed by atoms with van der Waals surface area (Å²) in [7, 11) is -3.36. The summed E-state index contributed by atoms with van der Waals surface area (Å²) in [5, 5.41) is 0. The van der Waals surface area contributed by atoms with Crippen LogP contribution in [-0.2, 0) is 19.6 Å². The number of nitrogens with zero attached hydrogens (tertiary/aromatic N) is 1. The number of ether oxygens (including phenoxy) is 1. The maximum absolute atomic E-state index is 12.7. The molecule has 1 saturated heterocycles. The third kappa shape index (κ3) is 4.42. The Morgan fingerprint density at radius 3 is 2.43 bits per heavy atom. The molecule has 1 heterocycles. The Labute approximate surface area is 128 Å². The van der Waals surface area contributed by atoms with Crippen LogP contribution >= 0.6 is 0 Å². The summed E-state index contributed by atoms with van der Waals surface area (Å²) in [6, 6.07) is -0.604. The Morgan fingerprint density at radius 1 is 1.10 bits per heavy atom. The fourth-order valence-electron chi connectivity index (χ4n) is 3.46. The largest absolute Gasteiger partial charge is 0.465 e. The number of hydrogen-bond acceptors (Lipinski definition) is 4. The minimum Gasteiger partial charge on any atom is -0.465 e. The van der Waals surface area contributed by atoms with Crippen LogP contribution in [0.5, 0.6) is 0 Å². The number of carbonyl (C=O) groups excluding carboxylic acids is 1. The zero-order chi connectivity index (χ0) is 15.3. The van der Waals surface area contributed by atoms with E-state index < -0.39 is 16.1 Å². The molecule has 122 valence electrons. The zero-order valence-corrected chi connectivity index (χ0v) is 13.7. The number of hydrogen-bond donors (Lipinski definition) is 0. The van der Waals surface area contributed by atoms with Crippen molar-refractivity contribution in [2.75, 3.05) is 18.9 Å². The summed E-state index contributed by atoms with van der Waals surface area (Å²) in [4.78, 5) is 12.0. The Bertz CT molecular complexity index is 443. The summed E-state index contributed by atoms with van der Waals surface area (Å²) in [5.41, 5.74) is 0. The summed E-state index contributed by atoms with van der Waals surface area (Å²) >= 11 is 0. The van der Waals surface area contributed by atoms with Crippen molar-refractivity contribution in [3.63, 3.8) is 0 Å². The van der Waals surface area contributed by atoms with E-state index in [1.807, 2.05) is 0 Å². The average molecular weight is 317 g/mol. The van der Waals surface area contributed by atoms with Gasteiger partial charge in [-0.2, -0.15) is 4.31 Å². The highest BCUT2D eigenvalue weighted by Gasteiger charge is 2.38. The van der Waals surface area contributed by atoms with Gasteiger partial charge < -0.3 is 4.74 Å². The van der Waals surface area contributed by atoms with Gasteiger partial charge in [0.1, 0.15) is 6.04 Å². The van der Waals surface area contributed by atoms with Crippen LogP contribution in [0.1, 0.15) is 58.3 Å². The predicted molar refractivity (Wildman–Crippen MR) is 81.3 cm³/mol. The van der Waals surface area contributed by atoms with Gasteiger partial charge in [0.05, 0.1) is 12.4 Å². The lowest BCUT2D eigenvalue weighted by atomic mass is 9.91. The lowest BCUT2D eigenvalue weighted by molar-refractivity contribution is -0.148. The van der Waals surface area contributed by atoms with Crippen molar-refractivity contribution in [2.24, 2.45) is 5.92 Å². The number of sulfonamides is 1. The van der Waals surface area contributed by atoms with Crippen LogP contribution in [0.25, 0.3) is 0 Å². The van der Waals surface area contributed by atoms with E-state index >= 15 is 0 Å². The minimum atomic E-state index is -3.36. The molecule has 0 N–H and O–H groups in total. The second-order valence-corrected chi connectivity index (χ2v) is 8.12. The van der Waals surface area contributed by atoms with Gasteiger partial charge in [0, 0.05) is 6.54 Å². The second-order valence-electron chi connectivity index (χ2n) is 6.16. The lowest BCUT2D eigenvalue weighted by Gasteiger charge is -2.34. The quantitative estimate of drug-likeness (QED) is 0.730. The first-order valence-corrected chi connectivity index (χ1v) is 9.81. The monoisotopic (exact) mass is 317 g/mol. The molecule has 21 heavy (non-hydrogen) atoms. The van der Waals surface area contributed by atoms with Gasteiger partial charge in [-0.25, -0.2) is 8.42 Å². The van der Waals surface area contributed by atoms with Crippen molar-refractivity contribution in [1.82, 2.24) is 4.31 Å². The molecule has 2 rings (SSSR count). The zero-order valence-electron chi connectivity index (χ0n) is 12.9. The van der Waals surface area contributed by atoms with E-state index in [0.29, 0.717) is 19.6 Å². The molecule has 6 heteroatoms. The van der Waals surface area contributed by atoms with Crippen molar-refractivity contribution >= 4 is 16.0 Å². The van der Waals surface area contributed by atoms with Crippen molar-refractivity contribution in [3.05, 3.63) is 0 Å². The minimum absolute atomic E-state index is 0.197. The summed E-state index contributed by atoms with van der Waals surface area (Å²) in [6.45, 7) is 2.51. The first kappa shape index (κ1) is 16.7. The van der Waals surface area contributed by atoms with Crippen molar-refractivity contribution in [2.45, 2.75) is 64.3 Å². The van der Waals surface area contributed by atoms with Gasteiger partial charge in [-0.3, -0.25) is 4.79 Å². The molecule has 0 aromatic carbocycles. The lowest BCUT2D eigenvalue weighted by Crippen LogP contribution is -2.50. The number of carbonyl (C=O) groups is 1. The van der Waals surface area contributed by atoms with E-state index in [2.05, 4.69) is 0 Å². The molecule has 2 aliphatic rings. The predicted octanol–water partition coefficient (Wildman–Crippen LogP) is 2.31. The number of esters is 1. The topological polar surface area (TPSA) is 63.7 Å². The van der Waals surface area contributed by atoms with Gasteiger partial charge in [-0.05, 0) is 44.9 Å². The molecule has 0 spiro atoms. The summed E-state index contributed by atoms with van der Waals surface area (Å²) in [5.74, 6) is 0.0704. The number of rotatable bonds is 5. The van der Waals surface area contributed by atoms with Gasteiger partial charge >= 0.3 is 5.97 Å². The van der Waals surface area contributed by atoms with Crippen LogP contribution in [0.2, 0.25) is 0 Å². The van der Waals surface area contributed by atoms with Crippen LogP contribution < -0.4 is 0 Å². The van der Waals surface area contributed by atoms with E-state index in [1.165, 1.54) is 10.7 Å². The van der Waals surface area contributed by atoms with E-state index in [4.69, 9.17) is 4.74 Å². The Balaban J connectivity index is 2.05. The van der Waals surface area contributed by atoms with E-state index in [-0.39, 0.29) is 17.6 Å². The van der Waals surface area contributed by atoms with Gasteiger partial charge in [0.2, 0.25) is 10.0 Å². The maximum Gasteiger partial charge on any atom is 0.324 e. The summed E-state index contributed by atoms with van der Waals surface area (Å²) < 4.78 is 31.9. The van der Waals surface area contributed by atoms with Crippen LogP contribution in [0.3, 0.4) is 0 Å². The molecule has 1 aliphatic heterocycles. The average Bonchev–Trinajstić information content (AvgIpc) is 2.48. The highest BCUT2D eigenvalue weighted by Crippen LogP contribution is 2.28. The Kier molecular flexibility index (Phi) is 6.05. The Hall–Kier alpha value is -0.620. The fraction of sp³-hybridized carbons (Fsp3) is 0.933. The molecule has 0 bridgehead atoms. The molecule has 0 amide bonds. The molecule has 0 aromatic heterocycles. The third-order valence-electron chi connectivity index (χ3n) is 4.54. The Morgan fingerprint density at radius 2 is 1.76 bits per heavy atom. The van der Waals surface area contributed by atoms with Crippen LogP contribution in [0, 0.1) is 5.92 Å². The van der Waals surface area contributed by atoms with E-state index in [1.54, 1.807) is 6.92 Å². The van der Waals surface area contributed by atoms with E-state index in [9.17, 15) is 13.2 Å². The first-order valence-electron chi connectivity index (χ1n) is 8.20. The van der Waals surface area contributed by atoms with Crippen molar-refractivity contribution < 1.29 is 17.9 Å². The van der Waals surface area contributed by atoms with E-state index in [0.717, 1.165) is 38.5 Å². The molecule has 5 nitrogen and oxygen atoms in total. The van der Waals surface area contributed by atoms with Gasteiger partial charge in [0.25, 0.3) is 0 Å². The SMILES string of the molecule is CCOC(=O)C1CCCCN1S(=O)(=O)CC1CCCCC1. The van der Waals surface area contributed by atoms with Crippen LogP contribution in [0.4, 0.5) is 0 Å². The molecular weight excluding hydrogens is 290 g/mol. The van der Waals surface area contributed by atoms with Gasteiger partial charge in [-0.1, -0.05) is 19.3 Å². The standard InChI is InChI=1S/C15H27NO4S/c1-2-20-15(17)14-10-6-7-11-16(14)21(18,19)12-13-8-4-3-5-9-13/h13-14H,2-12H2,1H3. The van der Waals surface area contributed by atoms with Crippen molar-refractivity contribution in [3.8, 4) is 0 Å². The molecule has 1 atom stereocenters. The normalized spacial score (nSPS) is 25.7. The third-order valence-corrected chi connectivity index (χ3v) is 6.59. The van der Waals surface area contributed by atoms with Gasteiger partial charge in [-0.15, -0.1) is 0 Å². The maximum atomic E-state index is 12.7. The highest BCUT2D eigenvalue weighted by atomic mass is 32.2. The van der Waals surface area contributed by atoms with Crippen LogP contribution in [0.15, 0.2) is 0 Å². The molecule has 1 aliphatic carbocycles. The fourth-order valence-corrected chi connectivity index (χ4v) is 5.57. The number of piperidine rings is 1. The van der Waals surface area contributed by atoms with Crippen LogP contribution in [-0.4, -0.2) is 43.6 Å². The highest BCUT2D eigenvalue weighted by molar-refractivity contribution is 7.89. The molecular formula is C15H27NO4S. The molecule has 1 saturated carbocycles. The summed E-state index contributed by atoms with van der Waals surface area (Å²) in [6.07, 6.45) is 7.77. The molecule has 1 unspecified atom stereocenters. The molecule has 0 radical (unpaired) electrons. The molecule has 2 fully saturated rings. The van der Waals surface area contributed by atoms with Crippen molar-refractivity contribution in [1.29, 1.82) is 0 Å². The molecule has 0 aromatic rings.